The highest BCUT2D eigenvalue weighted by Gasteiger charge is 2.53. The molecule has 0 radical (unpaired) electrons. The minimum absolute atomic E-state index is 0.0941. The van der Waals surface area contributed by atoms with Crippen LogP contribution in [-0.4, -0.2) is 0 Å². The van der Waals surface area contributed by atoms with Crippen LogP contribution in [0.4, 0.5) is 17.1 Å². The SMILES string of the molecule is CCc1ccc2cccc3c2c1C1(c2ccccc2-c2ccc(N(c4ccc(C56C=CC=CC5C6)cc4)c4ccc5c(c4)C(c4ccccc4)(c4ccccc4)c4ccccc4-5)cc21)c1ccccc1-3. The quantitative estimate of drug-likeness (QED) is 0.154. The van der Waals surface area contributed by atoms with Crippen LogP contribution in [0.1, 0.15) is 69.0 Å². The number of allylic oxidation sites excluding steroid dienone is 4. The van der Waals surface area contributed by atoms with Crippen molar-refractivity contribution in [3.63, 3.8) is 0 Å². The molecule has 0 N–H and O–H groups in total. The van der Waals surface area contributed by atoms with E-state index in [1.807, 2.05) is 0 Å². The molecular formula is C69H49N. The first-order valence-electron chi connectivity index (χ1n) is 25.2. The van der Waals surface area contributed by atoms with E-state index in [1.165, 1.54) is 106 Å². The van der Waals surface area contributed by atoms with E-state index in [-0.39, 0.29) is 5.41 Å². The molecule has 330 valence electrons. The molecule has 1 saturated carbocycles. The van der Waals surface area contributed by atoms with Gasteiger partial charge < -0.3 is 4.90 Å². The number of anilines is 3. The third-order valence-electron chi connectivity index (χ3n) is 17.1. The van der Waals surface area contributed by atoms with Crippen LogP contribution < -0.4 is 4.90 Å². The normalized spacial score (nSPS) is 19.8. The predicted molar refractivity (Wildman–Crippen MR) is 290 cm³/mol. The van der Waals surface area contributed by atoms with Crippen LogP contribution in [0, 0.1) is 5.92 Å². The van der Waals surface area contributed by atoms with E-state index in [2.05, 4.69) is 261 Å². The van der Waals surface area contributed by atoms with Gasteiger partial charge in [0.25, 0.3) is 0 Å². The number of benzene rings is 10. The van der Waals surface area contributed by atoms with Gasteiger partial charge in [-0.05, 0) is 155 Å². The van der Waals surface area contributed by atoms with Crippen molar-refractivity contribution in [3.8, 4) is 33.4 Å². The number of hydrogen-bond acceptors (Lipinski definition) is 1. The molecule has 5 aliphatic rings. The van der Waals surface area contributed by atoms with Crippen molar-refractivity contribution >= 4 is 27.8 Å². The highest BCUT2D eigenvalue weighted by molar-refractivity contribution is 6.08. The van der Waals surface area contributed by atoms with E-state index in [4.69, 9.17) is 0 Å². The Morgan fingerprint density at radius 1 is 0.414 bits per heavy atom. The molecule has 15 rings (SSSR count). The van der Waals surface area contributed by atoms with Gasteiger partial charge in [0, 0.05) is 22.5 Å². The van der Waals surface area contributed by atoms with Gasteiger partial charge in [-0.2, -0.15) is 0 Å². The van der Waals surface area contributed by atoms with Gasteiger partial charge in [0.05, 0.1) is 10.8 Å². The molecule has 0 saturated heterocycles. The number of nitrogens with zero attached hydrogens (tertiary/aromatic N) is 1. The van der Waals surface area contributed by atoms with Crippen LogP contribution in [0.3, 0.4) is 0 Å². The monoisotopic (exact) mass is 891 g/mol. The molecule has 3 unspecified atom stereocenters. The second-order valence-electron chi connectivity index (χ2n) is 20.2. The summed E-state index contributed by atoms with van der Waals surface area (Å²) in [5, 5.41) is 2.67. The number of aryl methyl sites for hydroxylation is 1. The maximum atomic E-state index is 2.57. The molecule has 1 heteroatoms. The fraction of sp³-hybridized carbons (Fsp3) is 0.101. The molecule has 0 aliphatic heterocycles. The van der Waals surface area contributed by atoms with Crippen molar-refractivity contribution in [3.05, 3.63) is 304 Å². The van der Waals surface area contributed by atoms with Crippen LogP contribution >= 0.6 is 0 Å². The lowest BCUT2D eigenvalue weighted by Crippen LogP contribution is -2.33. The summed E-state index contributed by atoms with van der Waals surface area (Å²) >= 11 is 0. The van der Waals surface area contributed by atoms with E-state index >= 15 is 0 Å². The lowest BCUT2D eigenvalue weighted by molar-refractivity contribution is 0.759. The van der Waals surface area contributed by atoms with Gasteiger partial charge in [-0.3, -0.25) is 0 Å². The minimum atomic E-state index is -0.538. The van der Waals surface area contributed by atoms with Crippen molar-refractivity contribution in [1.29, 1.82) is 0 Å². The summed E-state index contributed by atoms with van der Waals surface area (Å²) in [6.07, 6.45) is 11.4. The van der Waals surface area contributed by atoms with Crippen molar-refractivity contribution < 1.29 is 0 Å². The lowest BCUT2D eigenvalue weighted by atomic mass is 9.60. The molecule has 0 heterocycles. The molecule has 70 heavy (non-hydrogen) atoms. The third kappa shape index (κ3) is 5.12. The molecule has 3 atom stereocenters. The maximum Gasteiger partial charge on any atom is 0.0729 e. The maximum absolute atomic E-state index is 2.57. The van der Waals surface area contributed by atoms with Gasteiger partial charge in [0.15, 0.2) is 0 Å². The average Bonchev–Trinajstić information content (AvgIpc) is 4.04. The molecule has 10 aromatic rings. The van der Waals surface area contributed by atoms with Crippen LogP contribution in [0.15, 0.2) is 249 Å². The zero-order valence-electron chi connectivity index (χ0n) is 39.1. The lowest BCUT2D eigenvalue weighted by Gasteiger charge is -2.41. The summed E-state index contributed by atoms with van der Waals surface area (Å²) in [7, 11) is 0. The standard InChI is InChI=1S/C69H49N/c1-2-45-31-32-46-18-17-27-59-56-26-11-14-30-62(56)69(66(45)65(46)59)61-29-13-10-25-55(61)58-40-38-53(43-64(58)69)70(51-35-33-47(34-36-51)67-41-16-15-23-50(67)44-67)52-37-39-57-54-24-9-12-28-60(54)68(63(57)42-52,48-19-5-3-6-20-48)49-21-7-4-8-22-49/h3-43,50H,2,44H2,1H3. The zero-order valence-corrected chi connectivity index (χ0v) is 39.1. The Morgan fingerprint density at radius 3 is 1.53 bits per heavy atom. The summed E-state index contributed by atoms with van der Waals surface area (Å²) in [4.78, 5) is 2.55. The summed E-state index contributed by atoms with van der Waals surface area (Å²) < 4.78 is 0. The van der Waals surface area contributed by atoms with Crippen molar-refractivity contribution in [1.82, 2.24) is 0 Å². The van der Waals surface area contributed by atoms with E-state index in [9.17, 15) is 0 Å². The van der Waals surface area contributed by atoms with Gasteiger partial charge >= 0.3 is 0 Å². The van der Waals surface area contributed by atoms with Crippen molar-refractivity contribution in [2.45, 2.75) is 36.0 Å². The first kappa shape index (κ1) is 39.7. The summed E-state index contributed by atoms with van der Waals surface area (Å²) in [6, 6.07) is 85.9. The predicted octanol–water partition coefficient (Wildman–Crippen LogP) is 17.0. The molecule has 10 aromatic carbocycles. The Labute approximate surface area is 410 Å². The molecule has 5 aliphatic carbocycles. The Bertz CT molecular complexity index is 3820. The molecule has 0 aromatic heterocycles. The first-order valence-corrected chi connectivity index (χ1v) is 25.2. The van der Waals surface area contributed by atoms with Gasteiger partial charge in [-0.1, -0.05) is 219 Å². The zero-order chi connectivity index (χ0) is 46.2. The second kappa shape index (κ2) is 14.6. The fourth-order valence-corrected chi connectivity index (χ4v) is 14.0. The first-order chi connectivity index (χ1) is 34.6. The second-order valence-corrected chi connectivity index (χ2v) is 20.2. The highest BCUT2D eigenvalue weighted by Crippen LogP contribution is 2.64. The third-order valence-corrected chi connectivity index (χ3v) is 17.1. The van der Waals surface area contributed by atoms with Gasteiger partial charge in [-0.15, -0.1) is 0 Å². The molecule has 0 bridgehead atoms. The smallest absolute Gasteiger partial charge is 0.0729 e. The minimum Gasteiger partial charge on any atom is -0.310 e. The Kier molecular flexibility index (Phi) is 8.30. The van der Waals surface area contributed by atoms with E-state index in [0.717, 1.165) is 23.5 Å². The number of rotatable bonds is 7. The van der Waals surface area contributed by atoms with E-state index in [0.29, 0.717) is 5.92 Å². The Balaban J connectivity index is 1.01. The van der Waals surface area contributed by atoms with Crippen LogP contribution in [-0.2, 0) is 22.7 Å². The van der Waals surface area contributed by atoms with Crippen molar-refractivity contribution in [2.24, 2.45) is 5.92 Å². The summed E-state index contributed by atoms with van der Waals surface area (Å²) in [5.41, 5.74) is 23.7. The van der Waals surface area contributed by atoms with Crippen LogP contribution in [0.2, 0.25) is 0 Å². The molecule has 0 amide bonds. The Morgan fingerprint density at radius 2 is 0.929 bits per heavy atom. The largest absolute Gasteiger partial charge is 0.310 e. The average molecular weight is 892 g/mol. The van der Waals surface area contributed by atoms with Gasteiger partial charge in [-0.25, -0.2) is 0 Å². The van der Waals surface area contributed by atoms with Gasteiger partial charge in [0.1, 0.15) is 0 Å². The number of fused-ring (bicyclic) bond motifs is 13. The summed E-state index contributed by atoms with van der Waals surface area (Å²) in [5.74, 6) is 0.567. The molecule has 1 fully saturated rings. The van der Waals surface area contributed by atoms with E-state index < -0.39 is 10.8 Å². The van der Waals surface area contributed by atoms with Crippen LogP contribution in [0.25, 0.3) is 44.2 Å². The summed E-state index contributed by atoms with van der Waals surface area (Å²) in [6.45, 7) is 2.33. The highest BCUT2D eigenvalue weighted by atomic mass is 15.1. The van der Waals surface area contributed by atoms with Crippen molar-refractivity contribution in [2.75, 3.05) is 4.90 Å². The fourth-order valence-electron chi connectivity index (χ4n) is 14.0. The van der Waals surface area contributed by atoms with Gasteiger partial charge in [0.2, 0.25) is 0 Å². The van der Waals surface area contributed by atoms with E-state index in [1.54, 1.807) is 0 Å². The molecular weight excluding hydrogens is 843 g/mol. The number of hydrogen-bond donors (Lipinski definition) is 0. The topological polar surface area (TPSA) is 3.24 Å². The molecule has 1 nitrogen and oxygen atoms in total. The Hall–Kier alpha value is -8.26. The van der Waals surface area contributed by atoms with Crippen LogP contribution in [0.5, 0.6) is 0 Å². The molecule has 1 spiro atoms.